The van der Waals surface area contributed by atoms with Gasteiger partial charge < -0.3 is 9.88 Å². The third-order valence-electron chi connectivity index (χ3n) is 4.66. The number of thiophene rings is 1. The van der Waals surface area contributed by atoms with Crippen LogP contribution in [0, 0.1) is 0 Å². The molecule has 130 valence electrons. The molecule has 0 bridgehead atoms. The van der Waals surface area contributed by atoms with Gasteiger partial charge in [0.25, 0.3) is 5.56 Å². The number of rotatable bonds is 5. The van der Waals surface area contributed by atoms with E-state index in [9.17, 15) is 4.79 Å². The molecule has 4 rings (SSSR count). The van der Waals surface area contributed by atoms with E-state index >= 15 is 0 Å². The average molecular weight is 354 g/mol. The second kappa shape index (κ2) is 6.98. The minimum atomic E-state index is -0.0409. The zero-order valence-electron chi connectivity index (χ0n) is 14.4. The Hall–Kier alpha value is -2.18. The molecule has 1 fully saturated rings. The van der Waals surface area contributed by atoms with Crippen LogP contribution in [0.3, 0.4) is 0 Å². The van der Waals surface area contributed by atoms with E-state index in [0.29, 0.717) is 11.2 Å². The highest BCUT2D eigenvalue weighted by atomic mass is 32.1. The Labute approximate surface area is 150 Å². The van der Waals surface area contributed by atoms with Crippen LogP contribution in [0.5, 0.6) is 0 Å². The lowest BCUT2D eigenvalue weighted by atomic mass is 10.1. The fraction of sp³-hybridized carbons (Fsp3) is 0.368. The van der Waals surface area contributed by atoms with Crippen LogP contribution in [0.4, 0.5) is 5.69 Å². The van der Waals surface area contributed by atoms with Gasteiger partial charge in [-0.15, -0.1) is 11.3 Å². The number of hydrogen-bond donors (Lipinski definition) is 1. The fourth-order valence-electron chi connectivity index (χ4n) is 3.51. The Kier molecular flexibility index (Phi) is 4.55. The number of aromatic nitrogens is 2. The number of aromatic amines is 1. The number of nitrogens with zero attached hydrogens (tertiary/aromatic N) is 3. The van der Waals surface area contributed by atoms with E-state index in [2.05, 4.69) is 51.1 Å². The summed E-state index contributed by atoms with van der Waals surface area (Å²) in [5, 5.41) is 1.91. The minimum absolute atomic E-state index is 0.0409. The van der Waals surface area contributed by atoms with Crippen LogP contribution in [0.25, 0.3) is 10.2 Å². The first-order chi connectivity index (χ1) is 12.2. The molecule has 0 unspecified atom stereocenters. The average Bonchev–Trinajstić information content (AvgIpc) is 3.26. The van der Waals surface area contributed by atoms with Crippen molar-refractivity contribution in [3.8, 4) is 0 Å². The van der Waals surface area contributed by atoms with Crippen LogP contribution in [0.15, 0.2) is 40.5 Å². The van der Waals surface area contributed by atoms with Crippen LogP contribution in [0.2, 0.25) is 0 Å². The van der Waals surface area contributed by atoms with Crippen LogP contribution in [-0.4, -0.2) is 35.0 Å². The van der Waals surface area contributed by atoms with Gasteiger partial charge in [0.05, 0.1) is 12.1 Å². The van der Waals surface area contributed by atoms with Crippen molar-refractivity contribution >= 4 is 27.2 Å². The summed E-state index contributed by atoms with van der Waals surface area (Å²) in [4.78, 5) is 24.3. The van der Waals surface area contributed by atoms with Crippen molar-refractivity contribution in [2.45, 2.75) is 25.9 Å². The topological polar surface area (TPSA) is 52.2 Å². The predicted molar refractivity (Wildman–Crippen MR) is 103 cm³/mol. The molecule has 0 radical (unpaired) electrons. The molecule has 0 atom stereocenters. The van der Waals surface area contributed by atoms with Crippen LogP contribution < -0.4 is 10.5 Å². The van der Waals surface area contributed by atoms with E-state index in [1.165, 1.54) is 35.4 Å². The van der Waals surface area contributed by atoms with Gasteiger partial charge in [-0.05, 0) is 43.0 Å². The molecule has 0 aliphatic carbocycles. The summed E-state index contributed by atoms with van der Waals surface area (Å²) in [6.07, 6.45) is 2.55. The Morgan fingerprint density at radius 2 is 2.00 bits per heavy atom. The normalized spacial score (nSPS) is 14.7. The first kappa shape index (κ1) is 16.3. The van der Waals surface area contributed by atoms with Gasteiger partial charge in [0.15, 0.2) is 0 Å². The molecule has 3 heterocycles. The number of H-pyrrole nitrogens is 1. The quantitative estimate of drug-likeness (QED) is 0.764. The maximum Gasteiger partial charge on any atom is 0.268 e. The number of anilines is 1. The zero-order chi connectivity index (χ0) is 17.2. The summed E-state index contributed by atoms with van der Waals surface area (Å²) in [5.74, 6) is 0.719. The Morgan fingerprint density at radius 3 is 2.84 bits per heavy atom. The molecule has 0 amide bonds. The van der Waals surface area contributed by atoms with Crippen molar-refractivity contribution in [3.05, 3.63) is 57.5 Å². The number of hydrogen-bond acceptors (Lipinski definition) is 5. The fourth-order valence-corrected chi connectivity index (χ4v) is 4.24. The molecule has 0 saturated carbocycles. The summed E-state index contributed by atoms with van der Waals surface area (Å²) in [6, 6.07) is 10.5. The Bertz CT molecular complexity index is 926. The van der Waals surface area contributed by atoms with E-state index in [0.717, 1.165) is 31.0 Å². The predicted octanol–water partition coefficient (Wildman–Crippen LogP) is 3.22. The smallest absolute Gasteiger partial charge is 0.268 e. The molecule has 5 nitrogen and oxygen atoms in total. The van der Waals surface area contributed by atoms with Gasteiger partial charge in [0.1, 0.15) is 10.5 Å². The van der Waals surface area contributed by atoms with Crippen molar-refractivity contribution in [2.75, 3.05) is 25.0 Å². The maximum absolute atomic E-state index is 12.1. The van der Waals surface area contributed by atoms with E-state index < -0.39 is 0 Å². The molecule has 1 aliphatic heterocycles. The lowest BCUT2D eigenvalue weighted by molar-refractivity contribution is 0.311. The van der Waals surface area contributed by atoms with Gasteiger partial charge in [-0.1, -0.05) is 18.2 Å². The maximum atomic E-state index is 12.1. The van der Waals surface area contributed by atoms with Gasteiger partial charge in [-0.25, -0.2) is 4.98 Å². The van der Waals surface area contributed by atoms with Gasteiger partial charge >= 0.3 is 0 Å². The number of nitrogens with one attached hydrogen (secondary N) is 1. The molecular formula is C19H22N4OS. The van der Waals surface area contributed by atoms with E-state index in [1.54, 1.807) is 0 Å². The second-order valence-electron chi connectivity index (χ2n) is 6.64. The molecule has 1 aromatic carbocycles. The first-order valence-electron chi connectivity index (χ1n) is 8.68. The van der Waals surface area contributed by atoms with Gasteiger partial charge in [0.2, 0.25) is 0 Å². The standard InChI is InChI=1S/C19H22N4OS/c1-22(13-17-20-15-8-11-25-18(15)19(24)21-17)12-14-6-2-3-7-16(14)23-9-4-5-10-23/h2-3,6-8,11H,4-5,9-10,12-13H2,1H3,(H,20,21,24). The lowest BCUT2D eigenvalue weighted by Crippen LogP contribution is -2.24. The molecule has 1 saturated heterocycles. The summed E-state index contributed by atoms with van der Waals surface area (Å²) < 4.78 is 0.700. The van der Waals surface area contributed by atoms with Crippen molar-refractivity contribution in [1.29, 1.82) is 0 Å². The summed E-state index contributed by atoms with van der Waals surface area (Å²) in [6.45, 7) is 3.74. The molecule has 1 N–H and O–H groups in total. The Balaban J connectivity index is 1.52. The SMILES string of the molecule is CN(Cc1nc2ccsc2c(=O)[nH]1)Cc1ccccc1N1CCCC1. The van der Waals surface area contributed by atoms with E-state index in [1.807, 2.05) is 11.4 Å². The van der Waals surface area contributed by atoms with Crippen LogP contribution in [-0.2, 0) is 13.1 Å². The van der Waals surface area contributed by atoms with E-state index in [-0.39, 0.29) is 5.56 Å². The highest BCUT2D eigenvalue weighted by Crippen LogP contribution is 2.25. The molecule has 0 spiro atoms. The minimum Gasteiger partial charge on any atom is -0.371 e. The second-order valence-corrected chi connectivity index (χ2v) is 7.56. The number of benzene rings is 1. The van der Waals surface area contributed by atoms with Gasteiger partial charge in [-0.2, -0.15) is 0 Å². The zero-order valence-corrected chi connectivity index (χ0v) is 15.2. The number of fused-ring (bicyclic) bond motifs is 1. The van der Waals surface area contributed by atoms with Crippen molar-refractivity contribution < 1.29 is 0 Å². The molecule has 2 aromatic heterocycles. The highest BCUT2D eigenvalue weighted by molar-refractivity contribution is 7.17. The molecule has 3 aromatic rings. The van der Waals surface area contributed by atoms with Crippen molar-refractivity contribution in [1.82, 2.24) is 14.9 Å². The third kappa shape index (κ3) is 3.45. The largest absolute Gasteiger partial charge is 0.371 e. The molecular weight excluding hydrogens is 332 g/mol. The van der Waals surface area contributed by atoms with Crippen LogP contribution >= 0.6 is 11.3 Å². The lowest BCUT2D eigenvalue weighted by Gasteiger charge is -2.24. The summed E-state index contributed by atoms with van der Waals surface area (Å²) in [7, 11) is 2.07. The molecule has 1 aliphatic rings. The van der Waals surface area contributed by atoms with Gasteiger partial charge in [-0.3, -0.25) is 9.69 Å². The summed E-state index contributed by atoms with van der Waals surface area (Å²) in [5.41, 5.74) is 3.41. The molecule has 25 heavy (non-hydrogen) atoms. The van der Waals surface area contributed by atoms with Crippen LogP contribution in [0.1, 0.15) is 24.2 Å². The van der Waals surface area contributed by atoms with E-state index in [4.69, 9.17) is 0 Å². The Morgan fingerprint density at radius 1 is 1.20 bits per heavy atom. The number of para-hydroxylation sites is 1. The van der Waals surface area contributed by atoms with Crippen molar-refractivity contribution in [3.63, 3.8) is 0 Å². The summed E-state index contributed by atoms with van der Waals surface area (Å²) >= 11 is 1.43. The first-order valence-corrected chi connectivity index (χ1v) is 9.56. The monoisotopic (exact) mass is 354 g/mol. The molecule has 6 heteroatoms. The third-order valence-corrected chi connectivity index (χ3v) is 5.56. The van der Waals surface area contributed by atoms with Gasteiger partial charge in [0, 0.05) is 25.3 Å². The van der Waals surface area contributed by atoms with Crippen molar-refractivity contribution in [2.24, 2.45) is 0 Å². The highest BCUT2D eigenvalue weighted by Gasteiger charge is 2.16.